The summed E-state index contributed by atoms with van der Waals surface area (Å²) in [7, 11) is 1.55. The lowest BCUT2D eigenvalue weighted by molar-refractivity contribution is 0.0970. The van der Waals surface area contributed by atoms with Gasteiger partial charge in [0.2, 0.25) is 0 Å². The average molecular weight is 489 g/mol. The number of nitriles is 1. The number of methoxy groups -OCH3 is 1. The third-order valence-corrected chi connectivity index (χ3v) is 7.33. The molecule has 2 N–H and O–H groups in total. The number of carbonyl (C=O) groups excluding carboxylic acids is 1. The number of aromatic nitrogens is 3. The maximum absolute atomic E-state index is 13.7. The number of fused-ring (bicyclic) bond motifs is 1. The number of nitrogens with two attached hydrogens (primary N) is 1. The summed E-state index contributed by atoms with van der Waals surface area (Å²) in [5.41, 5.74) is 8.46. The van der Waals surface area contributed by atoms with E-state index in [1.807, 2.05) is 4.57 Å². The van der Waals surface area contributed by atoms with Gasteiger partial charge in [-0.1, -0.05) is 25.0 Å². The molecule has 1 aliphatic heterocycles. The van der Waals surface area contributed by atoms with Crippen LogP contribution >= 0.6 is 0 Å². The maximum atomic E-state index is 13.7. The number of aryl methyl sites for hydroxylation is 1. The molecule has 1 aliphatic carbocycles. The molecule has 2 aromatic heterocycles. The van der Waals surface area contributed by atoms with Crippen LogP contribution in [0.4, 0.5) is 0 Å². The van der Waals surface area contributed by atoms with Gasteiger partial charge in [-0.25, -0.2) is 4.98 Å². The third-order valence-electron chi connectivity index (χ3n) is 7.33. The van der Waals surface area contributed by atoms with Gasteiger partial charge in [-0.15, -0.1) is 0 Å². The van der Waals surface area contributed by atoms with Crippen LogP contribution in [0, 0.1) is 17.2 Å². The molecule has 9 nitrogen and oxygen atoms in total. The van der Waals surface area contributed by atoms with E-state index in [4.69, 9.17) is 10.5 Å². The molecule has 5 rings (SSSR count). The summed E-state index contributed by atoms with van der Waals surface area (Å²) < 4.78 is 8.56. The highest BCUT2D eigenvalue weighted by atomic mass is 16.5. The number of likely N-dealkylation sites (tertiary alicyclic amines) is 1. The molecule has 188 valence electrons. The fourth-order valence-corrected chi connectivity index (χ4v) is 5.16. The van der Waals surface area contributed by atoms with Crippen molar-refractivity contribution in [2.45, 2.75) is 57.8 Å². The van der Waals surface area contributed by atoms with Crippen molar-refractivity contribution >= 4 is 16.8 Å². The summed E-state index contributed by atoms with van der Waals surface area (Å²) in [5, 5.41) is 10.1. The molecule has 1 aromatic carbocycles. The Bertz CT molecular complexity index is 1380. The predicted molar refractivity (Wildman–Crippen MR) is 136 cm³/mol. The van der Waals surface area contributed by atoms with Gasteiger partial charge in [-0.05, 0) is 43.9 Å². The van der Waals surface area contributed by atoms with Gasteiger partial charge in [-0.3, -0.25) is 19.1 Å². The van der Waals surface area contributed by atoms with Gasteiger partial charge in [0.15, 0.2) is 5.78 Å². The van der Waals surface area contributed by atoms with E-state index < -0.39 is 0 Å². The molecule has 2 fully saturated rings. The topological polar surface area (TPSA) is 119 Å². The number of ether oxygens (including phenoxy) is 1. The van der Waals surface area contributed by atoms with Crippen LogP contribution < -0.4 is 16.0 Å². The van der Waals surface area contributed by atoms with Gasteiger partial charge in [0.05, 0.1) is 25.7 Å². The lowest BCUT2D eigenvalue weighted by Gasteiger charge is -2.31. The van der Waals surface area contributed by atoms with Crippen molar-refractivity contribution in [2.24, 2.45) is 11.7 Å². The Hall–Kier alpha value is -3.48. The van der Waals surface area contributed by atoms with E-state index in [0.29, 0.717) is 46.9 Å². The summed E-state index contributed by atoms with van der Waals surface area (Å²) in [6.07, 6.45) is 6.77. The minimum atomic E-state index is -0.301. The molecule has 0 spiro atoms. The normalized spacial score (nSPS) is 18.3. The van der Waals surface area contributed by atoms with Crippen LogP contribution in [-0.4, -0.2) is 51.0 Å². The molecule has 3 aromatic rings. The quantitative estimate of drug-likeness (QED) is 0.460. The maximum Gasteiger partial charge on any atom is 0.278 e. The summed E-state index contributed by atoms with van der Waals surface area (Å²) in [4.78, 5) is 33.5. The number of carbonyl (C=O) groups is 1. The number of piperidine rings is 1. The summed E-state index contributed by atoms with van der Waals surface area (Å²) >= 11 is 0. The highest BCUT2D eigenvalue weighted by Gasteiger charge is 2.27. The molecule has 1 atom stereocenters. The molecular weight excluding hydrogens is 456 g/mol. The monoisotopic (exact) mass is 488 g/mol. The van der Waals surface area contributed by atoms with Gasteiger partial charge < -0.3 is 15.0 Å². The highest BCUT2D eigenvalue weighted by Crippen LogP contribution is 2.34. The minimum Gasteiger partial charge on any atom is -0.497 e. The van der Waals surface area contributed by atoms with E-state index in [-0.39, 0.29) is 23.9 Å². The van der Waals surface area contributed by atoms with E-state index in [1.54, 1.807) is 31.4 Å². The molecule has 1 unspecified atom stereocenters. The summed E-state index contributed by atoms with van der Waals surface area (Å²) in [6, 6.07) is 9.31. The average Bonchev–Trinajstić information content (AvgIpc) is 3.66. The van der Waals surface area contributed by atoms with E-state index in [0.717, 1.165) is 38.0 Å². The Morgan fingerprint density at radius 3 is 2.86 bits per heavy atom. The molecule has 0 radical (unpaired) electrons. The number of ketones is 1. The van der Waals surface area contributed by atoms with E-state index in [2.05, 4.69) is 16.0 Å². The number of hydrogen-bond donors (Lipinski definition) is 1. The lowest BCUT2D eigenvalue weighted by Crippen LogP contribution is -2.42. The van der Waals surface area contributed by atoms with Crippen molar-refractivity contribution in [1.82, 2.24) is 19.0 Å². The number of benzene rings is 1. The standard InChI is InChI=1S/C27H32N6O3/c1-36-21-6-2-4-19(12-21)24(34)16-32-17-30-25-22(13-28)23(15-31-10-3-5-20(29)14-31)33(26(25)27(32)35)11-9-18-7-8-18/h2,4,6,12,17-18,20H,3,5,7-11,14-16,29H2,1H3. The second kappa shape index (κ2) is 10.2. The van der Waals surface area contributed by atoms with Crippen LogP contribution in [-0.2, 0) is 19.6 Å². The first kappa shape index (κ1) is 24.2. The zero-order chi connectivity index (χ0) is 25.2. The van der Waals surface area contributed by atoms with Crippen molar-refractivity contribution in [3.63, 3.8) is 0 Å². The Labute approximate surface area is 210 Å². The first-order valence-corrected chi connectivity index (χ1v) is 12.6. The second-order valence-electron chi connectivity index (χ2n) is 9.98. The van der Waals surface area contributed by atoms with E-state index in [1.165, 1.54) is 23.7 Å². The molecule has 0 bridgehead atoms. The first-order chi connectivity index (χ1) is 17.5. The molecule has 9 heteroatoms. The number of hydrogen-bond acceptors (Lipinski definition) is 7. The van der Waals surface area contributed by atoms with Gasteiger partial charge >= 0.3 is 0 Å². The zero-order valence-electron chi connectivity index (χ0n) is 20.7. The first-order valence-electron chi connectivity index (χ1n) is 12.6. The Balaban J connectivity index is 1.54. The molecule has 0 amide bonds. The SMILES string of the molecule is COc1cccc(C(=O)Cn2cnc3c(C#N)c(CN4CCCC(N)C4)n(CCC4CC4)c3c2=O)c1. The van der Waals surface area contributed by atoms with Crippen LogP contribution in [0.1, 0.15) is 53.7 Å². The molecular formula is C27H32N6O3. The lowest BCUT2D eigenvalue weighted by atomic mass is 10.1. The van der Waals surface area contributed by atoms with Crippen molar-refractivity contribution in [1.29, 1.82) is 5.26 Å². The summed E-state index contributed by atoms with van der Waals surface area (Å²) in [6.45, 7) is 2.75. The van der Waals surface area contributed by atoms with Crippen molar-refractivity contribution in [2.75, 3.05) is 20.2 Å². The van der Waals surface area contributed by atoms with Crippen molar-refractivity contribution < 1.29 is 9.53 Å². The third kappa shape index (κ3) is 4.92. The molecule has 2 aliphatic rings. The molecule has 1 saturated carbocycles. The van der Waals surface area contributed by atoms with Gasteiger partial charge in [0, 0.05) is 31.2 Å². The molecule has 1 saturated heterocycles. The van der Waals surface area contributed by atoms with E-state index in [9.17, 15) is 14.9 Å². The number of nitrogens with zero attached hydrogens (tertiary/aromatic N) is 5. The minimum absolute atomic E-state index is 0.117. The molecule has 3 heterocycles. The van der Waals surface area contributed by atoms with Crippen LogP contribution in [0.3, 0.4) is 0 Å². The fourth-order valence-electron chi connectivity index (χ4n) is 5.16. The van der Waals surface area contributed by atoms with Crippen LogP contribution in [0.2, 0.25) is 0 Å². The van der Waals surface area contributed by atoms with Gasteiger partial charge in [0.1, 0.15) is 28.4 Å². The Morgan fingerprint density at radius 1 is 1.31 bits per heavy atom. The zero-order valence-corrected chi connectivity index (χ0v) is 20.7. The summed E-state index contributed by atoms with van der Waals surface area (Å²) in [5.74, 6) is 1.03. The highest BCUT2D eigenvalue weighted by molar-refractivity contribution is 5.96. The van der Waals surface area contributed by atoms with Crippen LogP contribution in [0.25, 0.3) is 11.0 Å². The van der Waals surface area contributed by atoms with E-state index >= 15 is 0 Å². The van der Waals surface area contributed by atoms with Crippen LogP contribution in [0.15, 0.2) is 35.4 Å². The number of rotatable bonds is 9. The second-order valence-corrected chi connectivity index (χ2v) is 9.98. The van der Waals surface area contributed by atoms with Crippen molar-refractivity contribution in [3.05, 3.63) is 57.8 Å². The van der Waals surface area contributed by atoms with Crippen LogP contribution in [0.5, 0.6) is 5.75 Å². The fraction of sp³-hybridized carbons (Fsp3) is 0.481. The molecule has 36 heavy (non-hydrogen) atoms. The van der Waals surface area contributed by atoms with Crippen molar-refractivity contribution in [3.8, 4) is 11.8 Å². The predicted octanol–water partition coefficient (Wildman–Crippen LogP) is 2.68. The van der Waals surface area contributed by atoms with Gasteiger partial charge in [-0.2, -0.15) is 5.26 Å². The Kier molecular flexibility index (Phi) is 6.90. The largest absolute Gasteiger partial charge is 0.497 e. The smallest absolute Gasteiger partial charge is 0.278 e. The van der Waals surface area contributed by atoms with Gasteiger partial charge in [0.25, 0.3) is 5.56 Å². The Morgan fingerprint density at radius 2 is 2.14 bits per heavy atom. The number of Topliss-reactive ketones (excluding diaryl/α,β-unsaturated/α-hetero) is 1.